The summed E-state index contributed by atoms with van der Waals surface area (Å²) in [5.74, 6) is 0.625. The third-order valence-corrected chi connectivity index (χ3v) is 10.3. The molecule has 0 amide bonds. The minimum Gasteiger partial charge on any atom is -0.245 e. The van der Waals surface area contributed by atoms with Crippen molar-refractivity contribution in [3.05, 3.63) is 206 Å². The van der Waals surface area contributed by atoms with Gasteiger partial charge in [0.05, 0.1) is 33.8 Å². The maximum atomic E-state index is 5.41. The fraction of sp³-hybridized carbons (Fsp3) is 0. The van der Waals surface area contributed by atoms with Crippen molar-refractivity contribution in [2.45, 2.75) is 0 Å². The quantitative estimate of drug-likeness (QED) is 0.154. The fourth-order valence-corrected chi connectivity index (χ4v) is 7.40. The van der Waals surface area contributed by atoms with Crippen LogP contribution in [0.15, 0.2) is 206 Å². The molecule has 262 valence electrons. The highest BCUT2D eigenvalue weighted by atomic mass is 14.9. The van der Waals surface area contributed by atoms with Gasteiger partial charge in [-0.2, -0.15) is 0 Å². The highest BCUT2D eigenvalue weighted by Crippen LogP contribution is 2.37. The van der Waals surface area contributed by atoms with Crippen molar-refractivity contribution in [1.29, 1.82) is 0 Å². The second-order valence-corrected chi connectivity index (χ2v) is 13.9. The van der Waals surface area contributed by atoms with Gasteiger partial charge in [-0.05, 0) is 46.5 Å². The van der Waals surface area contributed by atoms with Crippen LogP contribution in [-0.4, -0.2) is 19.9 Å². The first-order valence-electron chi connectivity index (χ1n) is 18.8. The molecule has 0 saturated heterocycles. The number of pyridine rings is 2. The maximum absolute atomic E-state index is 5.41. The summed E-state index contributed by atoms with van der Waals surface area (Å²) in [5.41, 5.74) is 14.6. The summed E-state index contributed by atoms with van der Waals surface area (Å²) >= 11 is 0. The lowest BCUT2D eigenvalue weighted by Gasteiger charge is -2.15. The SMILES string of the molecule is c1ccc(-c2ccc(-c3cc(-c4ccccc4)nc(-c4cc(-c5cccc(-c6ccccc6)c5)nc5c4ccc4ccc(-c6ccccc6)nc45)n3)cc2)cc1. The lowest BCUT2D eigenvalue weighted by atomic mass is 9.98. The van der Waals surface area contributed by atoms with Gasteiger partial charge in [-0.3, -0.25) is 0 Å². The molecule has 10 aromatic rings. The van der Waals surface area contributed by atoms with E-state index in [-0.39, 0.29) is 0 Å². The van der Waals surface area contributed by atoms with Crippen molar-refractivity contribution in [3.63, 3.8) is 0 Å². The Labute approximate surface area is 325 Å². The molecule has 0 atom stereocenters. The lowest BCUT2D eigenvalue weighted by molar-refractivity contribution is 1.18. The van der Waals surface area contributed by atoms with Crippen molar-refractivity contribution < 1.29 is 0 Å². The van der Waals surface area contributed by atoms with E-state index in [0.717, 1.165) is 89.1 Å². The maximum Gasteiger partial charge on any atom is 0.161 e. The van der Waals surface area contributed by atoms with Crippen molar-refractivity contribution in [1.82, 2.24) is 19.9 Å². The highest BCUT2D eigenvalue weighted by Gasteiger charge is 2.18. The highest BCUT2D eigenvalue weighted by molar-refractivity contribution is 6.09. The van der Waals surface area contributed by atoms with Gasteiger partial charge >= 0.3 is 0 Å². The van der Waals surface area contributed by atoms with Crippen molar-refractivity contribution in [2.75, 3.05) is 0 Å². The van der Waals surface area contributed by atoms with Crippen LogP contribution in [0.25, 0.3) is 100 Å². The third-order valence-electron chi connectivity index (χ3n) is 10.3. The van der Waals surface area contributed by atoms with E-state index in [1.165, 1.54) is 5.56 Å². The number of benzene rings is 7. The monoisotopic (exact) mass is 714 g/mol. The van der Waals surface area contributed by atoms with E-state index in [9.17, 15) is 0 Å². The van der Waals surface area contributed by atoms with E-state index in [2.05, 4.69) is 158 Å². The lowest BCUT2D eigenvalue weighted by Crippen LogP contribution is -1.99. The Bertz CT molecular complexity index is 2980. The average molecular weight is 715 g/mol. The average Bonchev–Trinajstić information content (AvgIpc) is 3.29. The Morgan fingerprint density at radius 2 is 0.696 bits per heavy atom. The normalized spacial score (nSPS) is 11.2. The van der Waals surface area contributed by atoms with Crippen LogP contribution in [0, 0.1) is 0 Å². The van der Waals surface area contributed by atoms with Crippen molar-refractivity contribution in [3.8, 4) is 78.7 Å². The molecule has 0 aliphatic rings. The Balaban J connectivity index is 1.21. The molecule has 10 rings (SSSR count). The first-order chi connectivity index (χ1) is 27.7. The summed E-state index contributed by atoms with van der Waals surface area (Å²) in [4.78, 5) is 21.3. The molecule has 0 aliphatic carbocycles. The third kappa shape index (κ3) is 6.40. The van der Waals surface area contributed by atoms with Crippen LogP contribution >= 0.6 is 0 Å². The Morgan fingerprint density at radius 3 is 1.34 bits per heavy atom. The molecule has 3 aromatic heterocycles. The van der Waals surface area contributed by atoms with Gasteiger partial charge in [-0.25, -0.2) is 19.9 Å². The molecular formula is C52H34N4. The fourth-order valence-electron chi connectivity index (χ4n) is 7.40. The van der Waals surface area contributed by atoms with Crippen LogP contribution in [0.4, 0.5) is 0 Å². The number of rotatable bonds is 7. The molecule has 0 saturated carbocycles. The van der Waals surface area contributed by atoms with Gasteiger partial charge in [0, 0.05) is 38.6 Å². The number of fused-ring (bicyclic) bond motifs is 3. The summed E-state index contributed by atoms with van der Waals surface area (Å²) in [7, 11) is 0. The van der Waals surface area contributed by atoms with Gasteiger partial charge in [0.2, 0.25) is 0 Å². The number of nitrogens with zero attached hydrogens (tertiary/aromatic N) is 4. The molecule has 0 radical (unpaired) electrons. The first kappa shape index (κ1) is 33.0. The minimum atomic E-state index is 0.625. The van der Waals surface area contributed by atoms with E-state index in [1.807, 2.05) is 48.5 Å². The van der Waals surface area contributed by atoms with E-state index in [0.29, 0.717) is 5.82 Å². The molecule has 0 aliphatic heterocycles. The number of hydrogen-bond donors (Lipinski definition) is 0. The zero-order valence-electron chi connectivity index (χ0n) is 30.4. The van der Waals surface area contributed by atoms with Gasteiger partial charge in [-0.1, -0.05) is 182 Å². The van der Waals surface area contributed by atoms with Gasteiger partial charge in [0.1, 0.15) is 0 Å². The van der Waals surface area contributed by atoms with Gasteiger partial charge in [-0.15, -0.1) is 0 Å². The summed E-state index contributed by atoms with van der Waals surface area (Å²) in [6.45, 7) is 0. The minimum absolute atomic E-state index is 0.625. The smallest absolute Gasteiger partial charge is 0.161 e. The summed E-state index contributed by atoms with van der Waals surface area (Å²) in [6.07, 6.45) is 0. The molecule has 0 unspecified atom stereocenters. The van der Waals surface area contributed by atoms with Crippen molar-refractivity contribution in [2.24, 2.45) is 0 Å². The van der Waals surface area contributed by atoms with Gasteiger partial charge in [0.15, 0.2) is 5.82 Å². The summed E-state index contributed by atoms with van der Waals surface area (Å²) < 4.78 is 0. The Hall–Kier alpha value is -7.56. The Morgan fingerprint density at radius 1 is 0.250 bits per heavy atom. The predicted octanol–water partition coefficient (Wildman–Crippen LogP) is 13.2. The first-order valence-corrected chi connectivity index (χ1v) is 18.8. The van der Waals surface area contributed by atoms with Gasteiger partial charge in [0.25, 0.3) is 0 Å². The molecule has 0 spiro atoms. The second kappa shape index (κ2) is 14.3. The Kier molecular flexibility index (Phi) is 8.47. The largest absolute Gasteiger partial charge is 0.245 e. The molecule has 0 bridgehead atoms. The molecule has 7 aromatic carbocycles. The molecule has 56 heavy (non-hydrogen) atoms. The van der Waals surface area contributed by atoms with Crippen LogP contribution in [0.1, 0.15) is 0 Å². The van der Waals surface area contributed by atoms with Crippen LogP contribution < -0.4 is 0 Å². The zero-order chi connectivity index (χ0) is 37.3. The molecule has 0 N–H and O–H groups in total. The second-order valence-electron chi connectivity index (χ2n) is 13.9. The molecule has 3 heterocycles. The zero-order valence-corrected chi connectivity index (χ0v) is 30.4. The molecule has 4 heteroatoms. The van der Waals surface area contributed by atoms with Crippen molar-refractivity contribution >= 4 is 21.8 Å². The summed E-state index contributed by atoms with van der Waals surface area (Å²) in [5, 5.41) is 1.96. The predicted molar refractivity (Wildman–Crippen MR) is 231 cm³/mol. The topological polar surface area (TPSA) is 51.6 Å². The molecule has 4 nitrogen and oxygen atoms in total. The van der Waals surface area contributed by atoms with E-state index >= 15 is 0 Å². The van der Waals surface area contributed by atoms with Crippen LogP contribution in [0.3, 0.4) is 0 Å². The number of aromatic nitrogens is 4. The van der Waals surface area contributed by atoms with Crippen LogP contribution in [-0.2, 0) is 0 Å². The number of hydrogen-bond acceptors (Lipinski definition) is 4. The van der Waals surface area contributed by atoms with Crippen LogP contribution in [0.5, 0.6) is 0 Å². The van der Waals surface area contributed by atoms with E-state index < -0.39 is 0 Å². The van der Waals surface area contributed by atoms with E-state index in [1.54, 1.807) is 0 Å². The standard InChI is InChI=1S/C52H34N4/c1-5-14-35(15-6-1)37-24-26-40(27-25-37)49-34-48(39-20-11-4-12-21-39)55-52(56-49)45-33-47(43-23-13-22-42(32-43)36-16-7-2-8-17-36)54-51-44(45)30-28-41-29-31-46(53-50(41)51)38-18-9-3-10-19-38/h1-34H. The van der Waals surface area contributed by atoms with E-state index in [4.69, 9.17) is 19.9 Å². The molecule has 0 fully saturated rings. The van der Waals surface area contributed by atoms with Gasteiger partial charge < -0.3 is 0 Å². The molecular weight excluding hydrogens is 681 g/mol. The summed E-state index contributed by atoms with van der Waals surface area (Å²) in [6, 6.07) is 71.5. The van der Waals surface area contributed by atoms with Crippen LogP contribution in [0.2, 0.25) is 0 Å².